The Kier molecular flexibility index (Phi) is 3.89. The summed E-state index contributed by atoms with van der Waals surface area (Å²) < 4.78 is 0. The predicted molar refractivity (Wildman–Crippen MR) is 65.7 cm³/mol. The van der Waals surface area contributed by atoms with Crippen molar-refractivity contribution in [1.82, 2.24) is 0 Å². The van der Waals surface area contributed by atoms with E-state index in [-0.39, 0.29) is 0 Å². The predicted octanol–water partition coefficient (Wildman–Crippen LogP) is 2.19. The Morgan fingerprint density at radius 2 is 2.00 bits per heavy atom. The lowest BCUT2D eigenvalue weighted by Crippen LogP contribution is -2.32. The quantitative estimate of drug-likeness (QED) is 0.769. The van der Waals surface area contributed by atoms with Gasteiger partial charge in [-0.1, -0.05) is 30.4 Å². The SMILES string of the molecule is CC(CC(N)=S)N(C)c1ccccc1. The van der Waals surface area contributed by atoms with E-state index in [0.717, 1.165) is 6.42 Å². The molecule has 0 aliphatic carbocycles. The van der Waals surface area contributed by atoms with Crippen LogP contribution in [0.25, 0.3) is 0 Å². The van der Waals surface area contributed by atoms with Crippen molar-refractivity contribution in [3.63, 3.8) is 0 Å². The van der Waals surface area contributed by atoms with Crippen molar-refractivity contribution in [2.75, 3.05) is 11.9 Å². The van der Waals surface area contributed by atoms with Crippen LogP contribution in [0.1, 0.15) is 13.3 Å². The number of hydrogen-bond donors (Lipinski definition) is 1. The van der Waals surface area contributed by atoms with Gasteiger partial charge in [0, 0.05) is 25.2 Å². The Balaban J connectivity index is 2.65. The van der Waals surface area contributed by atoms with E-state index in [9.17, 15) is 0 Å². The smallest absolute Gasteiger partial charge is 0.0747 e. The van der Waals surface area contributed by atoms with Gasteiger partial charge in [-0.25, -0.2) is 0 Å². The number of rotatable bonds is 4. The van der Waals surface area contributed by atoms with Gasteiger partial charge in [0.25, 0.3) is 0 Å². The molecule has 0 aliphatic rings. The molecule has 1 aromatic rings. The molecule has 2 N–H and O–H groups in total. The van der Waals surface area contributed by atoms with Gasteiger partial charge in [-0.05, 0) is 19.1 Å². The van der Waals surface area contributed by atoms with Gasteiger partial charge in [0.1, 0.15) is 0 Å². The maximum absolute atomic E-state index is 5.51. The zero-order valence-electron chi connectivity index (χ0n) is 8.60. The molecule has 0 spiro atoms. The Morgan fingerprint density at radius 1 is 1.43 bits per heavy atom. The second-order valence-electron chi connectivity index (χ2n) is 3.47. The molecule has 1 atom stereocenters. The van der Waals surface area contributed by atoms with E-state index >= 15 is 0 Å². The van der Waals surface area contributed by atoms with Crippen LogP contribution in [0.5, 0.6) is 0 Å². The molecule has 3 heteroatoms. The highest BCUT2D eigenvalue weighted by Gasteiger charge is 2.09. The van der Waals surface area contributed by atoms with Crippen LogP contribution in [0, 0.1) is 0 Å². The Labute approximate surface area is 90.7 Å². The zero-order valence-corrected chi connectivity index (χ0v) is 9.42. The third-order valence-corrected chi connectivity index (χ3v) is 2.49. The molecule has 1 rings (SSSR count). The molecule has 0 fully saturated rings. The number of thiocarbonyl (C=S) groups is 1. The van der Waals surface area contributed by atoms with E-state index in [4.69, 9.17) is 18.0 Å². The van der Waals surface area contributed by atoms with Gasteiger partial charge < -0.3 is 10.6 Å². The van der Waals surface area contributed by atoms with E-state index < -0.39 is 0 Å². The fraction of sp³-hybridized carbons (Fsp3) is 0.364. The number of hydrogen-bond acceptors (Lipinski definition) is 2. The zero-order chi connectivity index (χ0) is 10.6. The summed E-state index contributed by atoms with van der Waals surface area (Å²) in [7, 11) is 2.05. The average Bonchev–Trinajstić information content (AvgIpc) is 2.17. The average molecular weight is 208 g/mol. The van der Waals surface area contributed by atoms with Gasteiger partial charge in [-0.2, -0.15) is 0 Å². The molecule has 0 amide bonds. The van der Waals surface area contributed by atoms with Crippen LogP contribution in [0.15, 0.2) is 30.3 Å². The van der Waals surface area contributed by atoms with E-state index in [2.05, 4.69) is 31.0 Å². The molecule has 2 nitrogen and oxygen atoms in total. The van der Waals surface area contributed by atoms with Crippen LogP contribution in [0.3, 0.4) is 0 Å². The molecular weight excluding hydrogens is 192 g/mol. The molecule has 0 bridgehead atoms. The first-order valence-corrected chi connectivity index (χ1v) is 5.08. The summed E-state index contributed by atoms with van der Waals surface area (Å²) in [6.07, 6.45) is 0.751. The molecule has 76 valence electrons. The maximum atomic E-state index is 5.51. The van der Waals surface area contributed by atoms with Crippen LogP contribution < -0.4 is 10.6 Å². The van der Waals surface area contributed by atoms with Crippen molar-refractivity contribution in [2.24, 2.45) is 5.73 Å². The first-order chi connectivity index (χ1) is 6.61. The number of benzene rings is 1. The largest absolute Gasteiger partial charge is 0.393 e. The fourth-order valence-corrected chi connectivity index (χ4v) is 1.59. The molecular formula is C11H16N2S. The minimum Gasteiger partial charge on any atom is -0.393 e. The van der Waals surface area contributed by atoms with Gasteiger partial charge in [0.15, 0.2) is 0 Å². The Bertz CT molecular complexity index is 297. The van der Waals surface area contributed by atoms with Crippen molar-refractivity contribution in [2.45, 2.75) is 19.4 Å². The van der Waals surface area contributed by atoms with Crippen LogP contribution >= 0.6 is 12.2 Å². The van der Waals surface area contributed by atoms with E-state index in [1.165, 1.54) is 5.69 Å². The van der Waals surface area contributed by atoms with Crippen molar-refractivity contribution >= 4 is 22.9 Å². The number of nitrogens with two attached hydrogens (primary N) is 1. The van der Waals surface area contributed by atoms with Gasteiger partial charge in [-0.3, -0.25) is 0 Å². The maximum Gasteiger partial charge on any atom is 0.0747 e. The third-order valence-electron chi connectivity index (χ3n) is 2.32. The lowest BCUT2D eigenvalue weighted by molar-refractivity contribution is 0.715. The molecule has 0 radical (unpaired) electrons. The molecule has 0 saturated heterocycles. The highest BCUT2D eigenvalue weighted by atomic mass is 32.1. The molecule has 0 aliphatic heterocycles. The Hall–Kier alpha value is -1.09. The van der Waals surface area contributed by atoms with Crippen molar-refractivity contribution in [1.29, 1.82) is 0 Å². The van der Waals surface area contributed by atoms with Crippen LogP contribution in [0.4, 0.5) is 5.69 Å². The van der Waals surface area contributed by atoms with Crippen LogP contribution in [-0.2, 0) is 0 Å². The summed E-state index contributed by atoms with van der Waals surface area (Å²) >= 11 is 4.89. The molecule has 14 heavy (non-hydrogen) atoms. The lowest BCUT2D eigenvalue weighted by atomic mass is 10.2. The summed E-state index contributed by atoms with van der Waals surface area (Å²) in [6, 6.07) is 10.6. The number of anilines is 1. The van der Waals surface area contributed by atoms with E-state index in [1.54, 1.807) is 0 Å². The van der Waals surface area contributed by atoms with Crippen molar-refractivity contribution < 1.29 is 0 Å². The second kappa shape index (κ2) is 4.96. The molecule has 1 aromatic carbocycles. The Morgan fingerprint density at radius 3 is 2.50 bits per heavy atom. The monoisotopic (exact) mass is 208 g/mol. The number of para-hydroxylation sites is 1. The summed E-state index contributed by atoms with van der Waals surface area (Å²) in [6.45, 7) is 2.12. The molecule has 0 aromatic heterocycles. The van der Waals surface area contributed by atoms with Crippen LogP contribution in [-0.4, -0.2) is 18.1 Å². The summed E-state index contributed by atoms with van der Waals surface area (Å²) in [5.74, 6) is 0. The lowest BCUT2D eigenvalue weighted by Gasteiger charge is -2.26. The van der Waals surface area contributed by atoms with E-state index in [0.29, 0.717) is 11.0 Å². The van der Waals surface area contributed by atoms with Crippen molar-refractivity contribution in [3.8, 4) is 0 Å². The van der Waals surface area contributed by atoms with Gasteiger partial charge in [-0.15, -0.1) is 0 Å². The first kappa shape index (κ1) is 11.0. The number of nitrogens with zero attached hydrogens (tertiary/aromatic N) is 1. The third kappa shape index (κ3) is 3.00. The van der Waals surface area contributed by atoms with Crippen LogP contribution in [0.2, 0.25) is 0 Å². The summed E-state index contributed by atoms with van der Waals surface area (Å²) in [4.78, 5) is 2.75. The van der Waals surface area contributed by atoms with Crippen molar-refractivity contribution in [3.05, 3.63) is 30.3 Å². The highest BCUT2D eigenvalue weighted by Crippen LogP contribution is 2.15. The minimum absolute atomic E-state index is 0.342. The van der Waals surface area contributed by atoms with Gasteiger partial charge >= 0.3 is 0 Å². The standard InChI is InChI=1S/C11H16N2S/c1-9(8-11(12)14)13(2)10-6-4-3-5-7-10/h3-7,9H,8H2,1-2H3,(H2,12,14). The summed E-state index contributed by atoms with van der Waals surface area (Å²) in [5.41, 5.74) is 6.70. The topological polar surface area (TPSA) is 29.3 Å². The molecule has 1 unspecified atom stereocenters. The van der Waals surface area contributed by atoms with Gasteiger partial charge in [0.2, 0.25) is 0 Å². The van der Waals surface area contributed by atoms with E-state index in [1.807, 2.05) is 18.2 Å². The molecule has 0 saturated carbocycles. The highest BCUT2D eigenvalue weighted by molar-refractivity contribution is 7.80. The molecule has 0 heterocycles. The minimum atomic E-state index is 0.342. The fourth-order valence-electron chi connectivity index (χ4n) is 1.35. The first-order valence-electron chi connectivity index (χ1n) is 4.67. The normalized spacial score (nSPS) is 12.1. The summed E-state index contributed by atoms with van der Waals surface area (Å²) in [5, 5.41) is 0. The van der Waals surface area contributed by atoms with Gasteiger partial charge in [0.05, 0.1) is 4.99 Å². The second-order valence-corrected chi connectivity index (χ2v) is 3.99.